The van der Waals surface area contributed by atoms with Crippen LogP contribution in [-0.2, 0) is 0 Å². The van der Waals surface area contributed by atoms with E-state index in [0.717, 1.165) is 0 Å². The zero-order valence-electron chi connectivity index (χ0n) is 7.85. The van der Waals surface area contributed by atoms with Crippen LogP contribution in [0.25, 0.3) is 0 Å². The smallest absolute Gasteiger partial charge is 0.0950 e. The van der Waals surface area contributed by atoms with E-state index in [0.29, 0.717) is 12.6 Å². The molecule has 1 aliphatic carbocycles. The molecule has 0 aromatic rings. The van der Waals surface area contributed by atoms with Crippen molar-refractivity contribution in [3.63, 3.8) is 0 Å². The predicted molar refractivity (Wildman–Crippen MR) is 54.0 cm³/mol. The lowest BCUT2D eigenvalue weighted by Crippen LogP contribution is -2.91. The van der Waals surface area contributed by atoms with Crippen molar-refractivity contribution in [2.45, 2.75) is 38.1 Å². The number of hydrogen-bond donors (Lipinski definition) is 4. The molecule has 0 aliphatic heterocycles. The van der Waals surface area contributed by atoms with Gasteiger partial charge < -0.3 is 19.0 Å². The molecule has 0 spiro atoms. The Bertz CT molecular complexity index is 143. The zero-order valence-corrected chi connectivity index (χ0v) is 8.67. The van der Waals surface area contributed by atoms with Crippen molar-refractivity contribution in [3.05, 3.63) is 0 Å². The van der Waals surface area contributed by atoms with Crippen LogP contribution in [-0.4, -0.2) is 32.0 Å². The molecule has 0 aromatic carbocycles. The van der Waals surface area contributed by atoms with E-state index >= 15 is 0 Å². The summed E-state index contributed by atoms with van der Waals surface area (Å²) < 4.78 is 26.2. The van der Waals surface area contributed by atoms with Crippen LogP contribution >= 0.6 is 10.9 Å². The maximum Gasteiger partial charge on any atom is 0.0950 e. The lowest BCUT2D eigenvalue weighted by molar-refractivity contribution is -0.688. The van der Waals surface area contributed by atoms with Crippen LogP contribution in [0.15, 0.2) is 0 Å². The standard InChI is InChI=1S/C8H19NO3S/c10-13(11,12)7-6-9-8-4-2-1-3-5-8/h8-12H,1-7H2/p+1. The molecular weight excluding hydrogens is 190 g/mol. The van der Waals surface area contributed by atoms with E-state index in [4.69, 9.17) is 13.7 Å². The minimum Gasteiger partial charge on any atom is -0.343 e. The highest BCUT2D eigenvalue weighted by atomic mass is 32.3. The summed E-state index contributed by atoms with van der Waals surface area (Å²) in [5.74, 6) is 0.101. The van der Waals surface area contributed by atoms with Crippen molar-refractivity contribution in [1.29, 1.82) is 0 Å². The SMILES string of the molecule is OS(O)(O)CC[NH2+]C1CCCCC1. The maximum absolute atomic E-state index is 8.72. The summed E-state index contributed by atoms with van der Waals surface area (Å²) in [6.45, 7) is 0.615. The van der Waals surface area contributed by atoms with Gasteiger partial charge in [-0.3, -0.25) is 0 Å². The largest absolute Gasteiger partial charge is 0.343 e. The fourth-order valence-electron chi connectivity index (χ4n) is 1.83. The van der Waals surface area contributed by atoms with Gasteiger partial charge in [-0.15, -0.1) is 0 Å². The van der Waals surface area contributed by atoms with E-state index in [-0.39, 0.29) is 5.75 Å². The predicted octanol–water partition coefficient (Wildman–Crippen LogP) is 1.11. The van der Waals surface area contributed by atoms with Crippen LogP contribution in [0.2, 0.25) is 0 Å². The molecule has 5 N–H and O–H groups in total. The lowest BCUT2D eigenvalue weighted by Gasteiger charge is -2.22. The minimum absolute atomic E-state index is 0.101. The molecule has 5 heteroatoms. The Morgan fingerprint density at radius 3 is 2.23 bits per heavy atom. The summed E-state index contributed by atoms with van der Waals surface area (Å²) >= 11 is 0. The Morgan fingerprint density at radius 1 is 1.08 bits per heavy atom. The molecule has 0 aromatic heterocycles. The fraction of sp³-hybridized carbons (Fsp3) is 1.00. The topological polar surface area (TPSA) is 77.3 Å². The molecule has 13 heavy (non-hydrogen) atoms. The average molecular weight is 210 g/mol. The lowest BCUT2D eigenvalue weighted by atomic mass is 9.96. The molecule has 0 bridgehead atoms. The van der Waals surface area contributed by atoms with E-state index < -0.39 is 10.9 Å². The van der Waals surface area contributed by atoms with Gasteiger partial charge in [-0.2, -0.15) is 0 Å². The number of nitrogens with two attached hydrogens (primary N) is 1. The van der Waals surface area contributed by atoms with Crippen LogP contribution in [0, 0.1) is 0 Å². The second kappa shape index (κ2) is 5.17. The average Bonchev–Trinajstić information content (AvgIpc) is 2.04. The van der Waals surface area contributed by atoms with Crippen LogP contribution < -0.4 is 5.32 Å². The van der Waals surface area contributed by atoms with Crippen LogP contribution in [0.5, 0.6) is 0 Å². The van der Waals surface area contributed by atoms with Gasteiger partial charge in [-0.05, 0) is 25.7 Å². The van der Waals surface area contributed by atoms with Gasteiger partial charge in [0.2, 0.25) is 0 Å². The van der Waals surface area contributed by atoms with Crippen LogP contribution in [0.3, 0.4) is 0 Å². The normalized spacial score (nSPS) is 21.8. The molecule has 1 aliphatic rings. The van der Waals surface area contributed by atoms with Gasteiger partial charge in [-0.1, -0.05) is 6.42 Å². The molecule has 0 amide bonds. The maximum atomic E-state index is 8.72. The minimum atomic E-state index is -3.26. The van der Waals surface area contributed by atoms with Gasteiger partial charge in [0.05, 0.1) is 29.2 Å². The monoisotopic (exact) mass is 210 g/mol. The third-order valence-electron chi connectivity index (χ3n) is 2.54. The molecule has 1 fully saturated rings. The van der Waals surface area contributed by atoms with Crippen LogP contribution in [0.4, 0.5) is 0 Å². The van der Waals surface area contributed by atoms with Crippen molar-refractivity contribution in [1.82, 2.24) is 0 Å². The third-order valence-corrected chi connectivity index (χ3v) is 3.32. The van der Waals surface area contributed by atoms with Crippen molar-refractivity contribution in [2.75, 3.05) is 12.3 Å². The Kier molecular flexibility index (Phi) is 4.48. The Morgan fingerprint density at radius 2 is 1.69 bits per heavy atom. The molecule has 0 unspecified atom stereocenters. The van der Waals surface area contributed by atoms with E-state index in [9.17, 15) is 0 Å². The quantitative estimate of drug-likeness (QED) is 0.561. The summed E-state index contributed by atoms with van der Waals surface area (Å²) in [6, 6.07) is 0.635. The van der Waals surface area contributed by atoms with Crippen molar-refractivity contribution >= 4 is 10.9 Å². The second-order valence-corrected chi connectivity index (χ2v) is 5.43. The third kappa shape index (κ3) is 5.49. The highest BCUT2D eigenvalue weighted by molar-refractivity contribution is 8.19. The molecule has 0 radical (unpaired) electrons. The van der Waals surface area contributed by atoms with Gasteiger partial charge in [0.25, 0.3) is 0 Å². The van der Waals surface area contributed by atoms with Crippen molar-refractivity contribution in [2.24, 2.45) is 0 Å². The van der Waals surface area contributed by atoms with Gasteiger partial charge in [0.1, 0.15) is 0 Å². The molecule has 0 heterocycles. The molecular formula is C8H20NO3S+. The first-order chi connectivity index (χ1) is 6.08. The Hall–Kier alpha value is 0.190. The summed E-state index contributed by atoms with van der Waals surface area (Å²) in [5.41, 5.74) is 0. The summed E-state index contributed by atoms with van der Waals surface area (Å²) in [5, 5.41) is 2.13. The summed E-state index contributed by atoms with van der Waals surface area (Å²) in [4.78, 5) is 0. The number of rotatable bonds is 4. The Labute approximate surface area is 80.9 Å². The summed E-state index contributed by atoms with van der Waals surface area (Å²) in [6.07, 6.45) is 6.36. The molecule has 0 saturated heterocycles. The first kappa shape index (κ1) is 11.3. The number of quaternary nitrogens is 1. The molecule has 80 valence electrons. The van der Waals surface area contributed by atoms with E-state index in [2.05, 4.69) is 5.32 Å². The second-order valence-electron chi connectivity index (χ2n) is 3.76. The first-order valence-electron chi connectivity index (χ1n) is 4.89. The molecule has 1 saturated carbocycles. The number of hydrogen-bond acceptors (Lipinski definition) is 3. The van der Waals surface area contributed by atoms with Crippen molar-refractivity contribution in [3.8, 4) is 0 Å². The van der Waals surface area contributed by atoms with Gasteiger partial charge in [0, 0.05) is 0 Å². The van der Waals surface area contributed by atoms with Gasteiger partial charge in [-0.25, -0.2) is 0 Å². The Balaban J connectivity index is 2.04. The summed E-state index contributed by atoms with van der Waals surface area (Å²) in [7, 11) is -3.26. The van der Waals surface area contributed by atoms with Gasteiger partial charge in [0.15, 0.2) is 0 Å². The van der Waals surface area contributed by atoms with Gasteiger partial charge >= 0.3 is 0 Å². The highest BCUT2D eigenvalue weighted by Crippen LogP contribution is 2.30. The first-order valence-corrected chi connectivity index (χ1v) is 6.57. The fourth-order valence-corrected chi connectivity index (χ4v) is 2.28. The zero-order chi connectivity index (χ0) is 9.73. The van der Waals surface area contributed by atoms with E-state index in [1.807, 2.05) is 0 Å². The van der Waals surface area contributed by atoms with Crippen LogP contribution in [0.1, 0.15) is 32.1 Å². The molecule has 0 atom stereocenters. The molecule has 1 rings (SSSR count). The van der Waals surface area contributed by atoms with Crippen molar-refractivity contribution < 1.29 is 19.0 Å². The van der Waals surface area contributed by atoms with E-state index in [1.165, 1.54) is 32.1 Å². The molecule has 4 nitrogen and oxygen atoms in total. The van der Waals surface area contributed by atoms with E-state index in [1.54, 1.807) is 0 Å². The highest BCUT2D eigenvalue weighted by Gasteiger charge is 2.18.